The van der Waals surface area contributed by atoms with Crippen molar-refractivity contribution in [2.24, 2.45) is 5.92 Å². The summed E-state index contributed by atoms with van der Waals surface area (Å²) in [4.78, 5) is 25.3. The first kappa shape index (κ1) is 25.1. The third-order valence-corrected chi connectivity index (χ3v) is 6.21. The fourth-order valence-electron chi connectivity index (χ4n) is 4.13. The maximum atomic E-state index is 12.3. The number of likely N-dealkylation sites (tertiary alicyclic amines) is 1. The number of nitrogens with zero attached hydrogens (tertiary/aromatic N) is 1. The van der Waals surface area contributed by atoms with Gasteiger partial charge < -0.3 is 14.7 Å². The zero-order chi connectivity index (χ0) is 22.5. The predicted octanol–water partition coefficient (Wildman–Crippen LogP) is 4.68. The highest BCUT2D eigenvalue weighted by Crippen LogP contribution is 2.22. The van der Waals surface area contributed by atoms with Gasteiger partial charge in [0.2, 0.25) is 5.91 Å². The van der Waals surface area contributed by atoms with E-state index in [0.717, 1.165) is 57.9 Å². The Hall–Kier alpha value is -2.14. The monoisotopic (exact) mass is 429 g/mol. The fourth-order valence-corrected chi connectivity index (χ4v) is 4.13. The van der Waals surface area contributed by atoms with Crippen LogP contribution in [0.2, 0.25) is 0 Å². The third-order valence-electron chi connectivity index (χ3n) is 6.21. The minimum atomic E-state index is -0.480. The molecule has 1 aliphatic rings. The van der Waals surface area contributed by atoms with Crippen LogP contribution in [0.1, 0.15) is 70.3 Å². The molecule has 1 saturated heterocycles. The number of carbonyl (C=O) groups is 2. The molecule has 1 aromatic carbocycles. The SMILES string of the molecule is COC(=O)CCCCCCN1C(=O)CCC1C=C[C@@H](O)[C@H](C)CCCc1ccccc1. The van der Waals surface area contributed by atoms with Gasteiger partial charge in [-0.15, -0.1) is 0 Å². The number of aryl methyl sites for hydroxylation is 1. The average Bonchev–Trinajstić information content (AvgIpc) is 3.14. The molecule has 1 fully saturated rings. The molecule has 31 heavy (non-hydrogen) atoms. The molecule has 1 aliphatic heterocycles. The highest BCUT2D eigenvalue weighted by Gasteiger charge is 2.28. The lowest BCUT2D eigenvalue weighted by Gasteiger charge is -2.23. The molecule has 1 unspecified atom stereocenters. The van der Waals surface area contributed by atoms with Gasteiger partial charge in [-0.3, -0.25) is 9.59 Å². The zero-order valence-electron chi connectivity index (χ0n) is 19.2. The Labute approximate surface area is 187 Å². The van der Waals surface area contributed by atoms with E-state index < -0.39 is 6.10 Å². The number of methoxy groups -OCH3 is 1. The molecule has 1 N–H and O–H groups in total. The van der Waals surface area contributed by atoms with Gasteiger partial charge in [0, 0.05) is 19.4 Å². The number of benzene rings is 1. The van der Waals surface area contributed by atoms with E-state index >= 15 is 0 Å². The summed E-state index contributed by atoms with van der Waals surface area (Å²) in [6, 6.07) is 10.5. The standard InChI is InChI=1S/C26H39NO4/c1-21(11-10-14-22-12-6-5-7-13-22)24(28)18-16-23-17-19-25(29)27(23)20-9-4-3-8-15-26(30)31-2/h5-7,12-13,16,18,21,23-24,28H,3-4,8-11,14-15,17,19-20H2,1-2H3/t21-,23?,24-/m1/s1. The molecular weight excluding hydrogens is 390 g/mol. The van der Waals surface area contributed by atoms with Crippen LogP contribution >= 0.6 is 0 Å². The van der Waals surface area contributed by atoms with Crippen LogP contribution in [0.25, 0.3) is 0 Å². The quantitative estimate of drug-likeness (QED) is 0.265. The highest BCUT2D eigenvalue weighted by molar-refractivity contribution is 5.79. The first-order chi connectivity index (χ1) is 15.0. The summed E-state index contributed by atoms with van der Waals surface area (Å²) in [5.74, 6) is 0.239. The van der Waals surface area contributed by atoms with Crippen LogP contribution < -0.4 is 0 Å². The molecule has 3 atom stereocenters. The summed E-state index contributed by atoms with van der Waals surface area (Å²) in [5.41, 5.74) is 1.34. The maximum Gasteiger partial charge on any atom is 0.305 e. The molecule has 1 amide bonds. The van der Waals surface area contributed by atoms with Crippen molar-refractivity contribution >= 4 is 11.9 Å². The summed E-state index contributed by atoms with van der Waals surface area (Å²) in [7, 11) is 1.41. The number of rotatable bonds is 14. The largest absolute Gasteiger partial charge is 0.469 e. The van der Waals surface area contributed by atoms with Crippen molar-refractivity contribution < 1.29 is 19.4 Å². The Morgan fingerprint density at radius 1 is 1.19 bits per heavy atom. The Balaban J connectivity index is 1.68. The number of hydrogen-bond donors (Lipinski definition) is 1. The number of carbonyl (C=O) groups excluding carboxylic acids is 2. The molecule has 5 nitrogen and oxygen atoms in total. The minimum Gasteiger partial charge on any atom is -0.469 e. The number of amides is 1. The van der Waals surface area contributed by atoms with Crippen molar-refractivity contribution in [3.63, 3.8) is 0 Å². The van der Waals surface area contributed by atoms with Gasteiger partial charge in [-0.2, -0.15) is 0 Å². The highest BCUT2D eigenvalue weighted by atomic mass is 16.5. The maximum absolute atomic E-state index is 12.3. The number of hydrogen-bond acceptors (Lipinski definition) is 4. The first-order valence-corrected chi connectivity index (χ1v) is 11.8. The number of ether oxygens (including phenoxy) is 1. The van der Waals surface area contributed by atoms with E-state index in [9.17, 15) is 14.7 Å². The van der Waals surface area contributed by atoms with Crippen LogP contribution in [-0.4, -0.2) is 47.7 Å². The van der Waals surface area contributed by atoms with E-state index in [1.54, 1.807) is 0 Å². The van der Waals surface area contributed by atoms with Gasteiger partial charge in [0.05, 0.1) is 19.3 Å². The molecule has 172 valence electrons. The van der Waals surface area contributed by atoms with Crippen LogP contribution in [-0.2, 0) is 20.7 Å². The summed E-state index contributed by atoms with van der Waals surface area (Å²) < 4.78 is 4.65. The van der Waals surface area contributed by atoms with Crippen molar-refractivity contribution in [1.82, 2.24) is 4.90 Å². The number of aliphatic hydroxyl groups is 1. The molecule has 0 aliphatic carbocycles. The number of unbranched alkanes of at least 4 members (excludes halogenated alkanes) is 3. The lowest BCUT2D eigenvalue weighted by atomic mass is 9.95. The van der Waals surface area contributed by atoms with Crippen LogP contribution in [0.5, 0.6) is 0 Å². The minimum absolute atomic E-state index is 0.0914. The Bertz CT molecular complexity index is 688. The van der Waals surface area contributed by atoms with Gasteiger partial charge >= 0.3 is 5.97 Å². The molecule has 5 heteroatoms. The summed E-state index contributed by atoms with van der Waals surface area (Å²) in [6.07, 6.45) is 12.1. The smallest absolute Gasteiger partial charge is 0.305 e. The second-order valence-electron chi connectivity index (χ2n) is 8.66. The molecule has 0 bridgehead atoms. The summed E-state index contributed by atoms with van der Waals surface area (Å²) in [5, 5.41) is 10.5. The van der Waals surface area contributed by atoms with E-state index in [1.807, 2.05) is 23.1 Å². The van der Waals surface area contributed by atoms with Gasteiger partial charge in [-0.25, -0.2) is 0 Å². The second-order valence-corrected chi connectivity index (χ2v) is 8.66. The summed E-state index contributed by atoms with van der Waals surface area (Å²) in [6.45, 7) is 2.83. The Morgan fingerprint density at radius 3 is 2.68 bits per heavy atom. The van der Waals surface area contributed by atoms with E-state index in [4.69, 9.17) is 0 Å². The van der Waals surface area contributed by atoms with Crippen molar-refractivity contribution in [3.05, 3.63) is 48.0 Å². The van der Waals surface area contributed by atoms with E-state index in [2.05, 4.69) is 35.9 Å². The van der Waals surface area contributed by atoms with Crippen molar-refractivity contribution in [3.8, 4) is 0 Å². The van der Waals surface area contributed by atoms with Crippen molar-refractivity contribution in [2.75, 3.05) is 13.7 Å². The Kier molecular flexibility index (Phi) is 11.4. The molecule has 0 spiro atoms. The molecule has 0 aromatic heterocycles. The lowest BCUT2D eigenvalue weighted by molar-refractivity contribution is -0.140. The first-order valence-electron chi connectivity index (χ1n) is 11.8. The third kappa shape index (κ3) is 9.26. The molecule has 1 aromatic rings. The van der Waals surface area contributed by atoms with E-state index in [1.165, 1.54) is 12.7 Å². The normalized spacial score (nSPS) is 18.5. The zero-order valence-corrected chi connectivity index (χ0v) is 19.2. The van der Waals surface area contributed by atoms with E-state index in [-0.39, 0.29) is 23.8 Å². The molecule has 0 radical (unpaired) electrons. The average molecular weight is 430 g/mol. The molecule has 0 saturated carbocycles. The predicted molar refractivity (Wildman–Crippen MR) is 124 cm³/mol. The van der Waals surface area contributed by atoms with Crippen molar-refractivity contribution in [1.29, 1.82) is 0 Å². The van der Waals surface area contributed by atoms with Crippen LogP contribution in [0.4, 0.5) is 0 Å². The van der Waals surface area contributed by atoms with Gasteiger partial charge in [-0.1, -0.05) is 62.2 Å². The number of aliphatic hydroxyl groups excluding tert-OH is 1. The topological polar surface area (TPSA) is 66.8 Å². The molecular formula is C26H39NO4. The van der Waals surface area contributed by atoms with Crippen molar-refractivity contribution in [2.45, 2.75) is 83.3 Å². The summed E-state index contributed by atoms with van der Waals surface area (Å²) >= 11 is 0. The second kappa shape index (κ2) is 14.0. The van der Waals surface area contributed by atoms with Crippen LogP contribution in [0.3, 0.4) is 0 Å². The van der Waals surface area contributed by atoms with Gasteiger partial charge in [0.15, 0.2) is 0 Å². The fraction of sp³-hybridized carbons (Fsp3) is 0.615. The van der Waals surface area contributed by atoms with Gasteiger partial charge in [0.1, 0.15) is 0 Å². The molecule has 2 rings (SSSR count). The molecule has 1 heterocycles. The Morgan fingerprint density at radius 2 is 1.94 bits per heavy atom. The lowest BCUT2D eigenvalue weighted by Crippen LogP contribution is -2.33. The van der Waals surface area contributed by atoms with E-state index in [0.29, 0.717) is 12.8 Å². The number of esters is 1. The van der Waals surface area contributed by atoms with Gasteiger partial charge in [0.25, 0.3) is 0 Å². The van der Waals surface area contributed by atoms with Crippen LogP contribution in [0, 0.1) is 5.92 Å². The van der Waals surface area contributed by atoms with Gasteiger partial charge in [-0.05, 0) is 50.0 Å². The van der Waals surface area contributed by atoms with Crippen LogP contribution in [0.15, 0.2) is 42.5 Å².